The largest absolute Gasteiger partial charge is 0.399 e. The normalized spacial score (nSPS) is 10.5. The Labute approximate surface area is 126 Å². The molecule has 0 saturated carbocycles. The lowest BCUT2D eigenvalue weighted by Gasteiger charge is -2.09. The van der Waals surface area contributed by atoms with Crippen molar-refractivity contribution in [1.29, 1.82) is 0 Å². The van der Waals surface area contributed by atoms with E-state index in [0.29, 0.717) is 22.1 Å². The van der Waals surface area contributed by atoms with Gasteiger partial charge in [-0.1, -0.05) is 35.9 Å². The van der Waals surface area contributed by atoms with Crippen molar-refractivity contribution in [3.63, 3.8) is 0 Å². The van der Waals surface area contributed by atoms with Crippen molar-refractivity contribution >= 4 is 39.7 Å². The van der Waals surface area contributed by atoms with Crippen molar-refractivity contribution in [2.45, 2.75) is 0 Å². The molecule has 4 nitrogen and oxygen atoms in total. The maximum Gasteiger partial charge on any atom is 0.274 e. The van der Waals surface area contributed by atoms with Crippen LogP contribution in [0.4, 0.5) is 11.4 Å². The number of nitrogens with one attached hydrogen (secondary N) is 1. The first kappa shape index (κ1) is 13.4. The Morgan fingerprint density at radius 3 is 2.76 bits per heavy atom. The average molecular weight is 298 g/mol. The molecule has 0 aliphatic rings. The predicted molar refractivity (Wildman–Crippen MR) is 85.6 cm³/mol. The van der Waals surface area contributed by atoms with Gasteiger partial charge in [-0.2, -0.15) is 0 Å². The maximum atomic E-state index is 12.4. The fourth-order valence-corrected chi connectivity index (χ4v) is 2.35. The van der Waals surface area contributed by atoms with E-state index in [1.807, 2.05) is 30.3 Å². The van der Waals surface area contributed by atoms with Gasteiger partial charge in [0.2, 0.25) is 0 Å². The van der Waals surface area contributed by atoms with Gasteiger partial charge in [0, 0.05) is 17.3 Å². The highest BCUT2D eigenvalue weighted by Gasteiger charge is 2.13. The third-order valence-electron chi connectivity index (χ3n) is 3.13. The lowest BCUT2D eigenvalue weighted by Crippen LogP contribution is -2.14. The van der Waals surface area contributed by atoms with Gasteiger partial charge >= 0.3 is 0 Å². The van der Waals surface area contributed by atoms with E-state index in [-0.39, 0.29) is 5.91 Å². The van der Waals surface area contributed by atoms with Gasteiger partial charge in [-0.05, 0) is 29.7 Å². The number of hydrogen-bond acceptors (Lipinski definition) is 3. The molecular formula is C16H12ClN3O. The summed E-state index contributed by atoms with van der Waals surface area (Å²) in [7, 11) is 0. The van der Waals surface area contributed by atoms with Crippen molar-refractivity contribution in [2.75, 3.05) is 11.1 Å². The van der Waals surface area contributed by atoms with Gasteiger partial charge in [-0.3, -0.25) is 9.78 Å². The quantitative estimate of drug-likeness (QED) is 0.708. The summed E-state index contributed by atoms with van der Waals surface area (Å²) < 4.78 is 0. The van der Waals surface area contributed by atoms with Crippen LogP contribution in [0, 0.1) is 0 Å². The van der Waals surface area contributed by atoms with Gasteiger partial charge in [0.15, 0.2) is 0 Å². The zero-order valence-electron chi connectivity index (χ0n) is 11.0. The molecule has 3 rings (SSSR count). The number of hydrogen-bond donors (Lipinski definition) is 2. The van der Waals surface area contributed by atoms with Gasteiger partial charge in [0.25, 0.3) is 5.91 Å². The maximum absolute atomic E-state index is 12.4. The minimum atomic E-state index is -0.307. The van der Waals surface area contributed by atoms with Gasteiger partial charge in [-0.25, -0.2) is 0 Å². The summed E-state index contributed by atoms with van der Waals surface area (Å²) in [6.07, 6.45) is 1.61. The highest BCUT2D eigenvalue weighted by atomic mass is 35.5. The molecule has 0 aliphatic carbocycles. The number of carbonyl (C=O) groups is 1. The molecule has 2 aromatic carbocycles. The molecule has 0 aliphatic heterocycles. The van der Waals surface area contributed by atoms with Crippen LogP contribution in [0.25, 0.3) is 10.8 Å². The van der Waals surface area contributed by atoms with Gasteiger partial charge in [-0.15, -0.1) is 0 Å². The Hall–Kier alpha value is -2.59. The van der Waals surface area contributed by atoms with Gasteiger partial charge < -0.3 is 11.1 Å². The number of fused-ring (bicyclic) bond motifs is 1. The Morgan fingerprint density at radius 2 is 1.95 bits per heavy atom. The van der Waals surface area contributed by atoms with Crippen LogP contribution in [0.5, 0.6) is 0 Å². The molecule has 0 spiro atoms. The molecule has 104 valence electrons. The van der Waals surface area contributed by atoms with Crippen LogP contribution < -0.4 is 11.1 Å². The van der Waals surface area contributed by atoms with Crippen molar-refractivity contribution < 1.29 is 4.79 Å². The highest BCUT2D eigenvalue weighted by Crippen LogP contribution is 2.25. The fraction of sp³-hybridized carbons (Fsp3) is 0. The number of pyridine rings is 1. The second-order valence-corrected chi connectivity index (χ2v) is 4.98. The molecule has 3 aromatic rings. The summed E-state index contributed by atoms with van der Waals surface area (Å²) in [5.41, 5.74) is 7.04. The van der Waals surface area contributed by atoms with Crippen molar-refractivity contribution in [2.24, 2.45) is 0 Å². The molecule has 0 unspecified atom stereocenters. The smallest absolute Gasteiger partial charge is 0.274 e. The van der Waals surface area contributed by atoms with Crippen molar-refractivity contribution in [3.05, 3.63) is 65.4 Å². The second kappa shape index (κ2) is 5.42. The van der Waals surface area contributed by atoms with Gasteiger partial charge in [0.1, 0.15) is 5.69 Å². The number of nitrogen functional groups attached to an aromatic ring is 1. The van der Waals surface area contributed by atoms with Crippen LogP contribution in [-0.4, -0.2) is 10.9 Å². The molecule has 5 heteroatoms. The fourth-order valence-electron chi connectivity index (χ4n) is 2.11. The number of nitrogens with zero attached hydrogens (tertiary/aromatic N) is 1. The highest BCUT2D eigenvalue weighted by molar-refractivity contribution is 6.34. The molecule has 0 atom stereocenters. The standard InChI is InChI=1S/C16H12ClN3O/c17-13-9-11(18)5-6-14(13)20-16(21)15-12-4-2-1-3-10(12)7-8-19-15/h1-9H,18H2,(H,20,21). The number of nitrogens with two attached hydrogens (primary N) is 1. The second-order valence-electron chi connectivity index (χ2n) is 4.57. The summed E-state index contributed by atoms with van der Waals surface area (Å²) >= 11 is 6.06. The first-order valence-corrected chi connectivity index (χ1v) is 6.73. The Kier molecular flexibility index (Phi) is 3.46. The molecule has 1 amide bonds. The number of rotatable bonds is 2. The van der Waals surface area contributed by atoms with Crippen molar-refractivity contribution in [1.82, 2.24) is 4.98 Å². The minimum absolute atomic E-state index is 0.307. The SMILES string of the molecule is Nc1ccc(NC(=O)c2nccc3ccccc23)c(Cl)c1. The molecular weight excluding hydrogens is 286 g/mol. The van der Waals surface area contributed by atoms with Crippen LogP contribution in [0.15, 0.2) is 54.7 Å². The topological polar surface area (TPSA) is 68.0 Å². The molecule has 1 aromatic heterocycles. The number of carbonyl (C=O) groups excluding carboxylic acids is 1. The third kappa shape index (κ3) is 2.66. The van der Waals surface area contributed by atoms with E-state index >= 15 is 0 Å². The predicted octanol–water partition coefficient (Wildman–Crippen LogP) is 3.72. The van der Waals surface area contributed by atoms with E-state index < -0.39 is 0 Å². The van der Waals surface area contributed by atoms with Crippen molar-refractivity contribution in [3.8, 4) is 0 Å². The van der Waals surface area contributed by atoms with E-state index in [0.717, 1.165) is 10.8 Å². The average Bonchev–Trinajstić information content (AvgIpc) is 2.49. The lowest BCUT2D eigenvalue weighted by molar-refractivity contribution is 0.102. The number of anilines is 2. The zero-order chi connectivity index (χ0) is 14.8. The summed E-state index contributed by atoms with van der Waals surface area (Å²) in [5.74, 6) is -0.307. The molecule has 0 fully saturated rings. The molecule has 0 radical (unpaired) electrons. The number of benzene rings is 2. The first-order valence-electron chi connectivity index (χ1n) is 6.35. The van der Waals surface area contributed by atoms with E-state index in [4.69, 9.17) is 17.3 Å². The summed E-state index contributed by atoms with van der Waals surface area (Å²) in [5, 5.41) is 4.90. The molecule has 3 N–H and O–H groups in total. The number of aromatic nitrogens is 1. The van der Waals surface area contributed by atoms with Gasteiger partial charge in [0.05, 0.1) is 10.7 Å². The zero-order valence-corrected chi connectivity index (χ0v) is 11.8. The third-order valence-corrected chi connectivity index (χ3v) is 3.44. The summed E-state index contributed by atoms with van der Waals surface area (Å²) in [6, 6.07) is 14.4. The van der Waals surface area contributed by atoms with Crippen LogP contribution in [0.1, 0.15) is 10.5 Å². The van der Waals surface area contributed by atoms with E-state index in [1.165, 1.54) is 0 Å². The molecule has 0 bridgehead atoms. The van der Waals surface area contributed by atoms with E-state index in [1.54, 1.807) is 24.4 Å². The minimum Gasteiger partial charge on any atom is -0.399 e. The van der Waals surface area contributed by atoms with Crippen LogP contribution in [0.2, 0.25) is 5.02 Å². The van der Waals surface area contributed by atoms with Crippen LogP contribution >= 0.6 is 11.6 Å². The Morgan fingerprint density at radius 1 is 1.14 bits per heavy atom. The van der Waals surface area contributed by atoms with Crippen LogP contribution in [-0.2, 0) is 0 Å². The monoisotopic (exact) mass is 297 g/mol. The number of halogens is 1. The molecule has 21 heavy (non-hydrogen) atoms. The summed E-state index contributed by atoms with van der Waals surface area (Å²) in [6.45, 7) is 0. The van der Waals surface area contributed by atoms with E-state index in [9.17, 15) is 4.79 Å². The Bertz CT molecular complexity index is 827. The van der Waals surface area contributed by atoms with E-state index in [2.05, 4.69) is 10.3 Å². The Balaban J connectivity index is 1.97. The molecule has 0 saturated heterocycles. The summed E-state index contributed by atoms with van der Waals surface area (Å²) in [4.78, 5) is 16.6. The lowest BCUT2D eigenvalue weighted by atomic mass is 10.1. The molecule has 1 heterocycles. The first-order chi connectivity index (χ1) is 10.1. The number of amides is 1. The van der Waals surface area contributed by atoms with Crippen LogP contribution in [0.3, 0.4) is 0 Å².